The molecule has 0 heterocycles. The number of carbonyl (C=O) groups excluding carboxylic acids is 1. The van der Waals surface area contributed by atoms with Gasteiger partial charge in [-0.2, -0.15) is 0 Å². The molecule has 1 N–H and O–H groups in total. The van der Waals surface area contributed by atoms with Gasteiger partial charge in [-0.15, -0.1) is 0 Å². The first kappa shape index (κ1) is 11.9. The van der Waals surface area contributed by atoms with Gasteiger partial charge in [-0.1, -0.05) is 30.3 Å². The van der Waals surface area contributed by atoms with Crippen LogP contribution < -0.4 is 0 Å². The predicted molar refractivity (Wildman–Crippen MR) is 64.5 cm³/mol. The van der Waals surface area contributed by atoms with Crippen LogP contribution in [0.15, 0.2) is 42.2 Å². The smallest absolute Gasteiger partial charge is 0.159 e. The van der Waals surface area contributed by atoms with E-state index in [9.17, 15) is 9.90 Å². The van der Waals surface area contributed by atoms with Gasteiger partial charge in [-0.05, 0) is 12.0 Å². The highest BCUT2D eigenvalue weighted by atomic mass is 16.5. The van der Waals surface area contributed by atoms with Crippen molar-refractivity contribution in [2.75, 3.05) is 6.61 Å². The number of hydrogen-bond donors (Lipinski definition) is 1. The summed E-state index contributed by atoms with van der Waals surface area (Å²) >= 11 is 0. The molecule has 0 radical (unpaired) electrons. The van der Waals surface area contributed by atoms with Gasteiger partial charge < -0.3 is 9.84 Å². The Hall–Kier alpha value is -1.61. The average Bonchev–Trinajstić information content (AvgIpc) is 2.33. The Bertz CT molecular complexity index is 409. The molecule has 3 nitrogen and oxygen atoms in total. The number of hydrogen-bond acceptors (Lipinski definition) is 3. The molecule has 1 aromatic carbocycles. The first-order valence-corrected chi connectivity index (χ1v) is 5.81. The lowest BCUT2D eigenvalue weighted by Crippen LogP contribution is -2.18. The van der Waals surface area contributed by atoms with Crippen LogP contribution in [0, 0.1) is 5.92 Å². The van der Waals surface area contributed by atoms with Gasteiger partial charge in [0.25, 0.3) is 0 Å². The fraction of sp³-hybridized carbons (Fsp3) is 0.357. The SMILES string of the molecule is O=C1C=C(O)C(COCc2ccccc2)CC1. The fourth-order valence-corrected chi connectivity index (χ4v) is 1.88. The molecule has 0 fully saturated rings. The molecule has 0 bridgehead atoms. The second-order valence-corrected chi connectivity index (χ2v) is 4.27. The molecule has 0 saturated heterocycles. The van der Waals surface area contributed by atoms with E-state index in [0.29, 0.717) is 26.1 Å². The van der Waals surface area contributed by atoms with Crippen molar-refractivity contribution in [3.63, 3.8) is 0 Å². The lowest BCUT2D eigenvalue weighted by molar-refractivity contribution is -0.115. The summed E-state index contributed by atoms with van der Waals surface area (Å²) in [5.41, 5.74) is 1.11. The third-order valence-electron chi connectivity index (χ3n) is 2.90. The number of ether oxygens (including phenoxy) is 1. The second-order valence-electron chi connectivity index (χ2n) is 4.27. The minimum atomic E-state index is -0.0311. The summed E-state index contributed by atoms with van der Waals surface area (Å²) in [6, 6.07) is 9.90. The number of rotatable bonds is 4. The minimum Gasteiger partial charge on any atom is -0.512 e. The lowest BCUT2D eigenvalue weighted by atomic mass is 9.94. The normalized spacial score (nSPS) is 20.1. The van der Waals surface area contributed by atoms with E-state index in [1.54, 1.807) is 0 Å². The Kier molecular flexibility index (Phi) is 3.94. The van der Waals surface area contributed by atoms with Crippen molar-refractivity contribution >= 4 is 5.78 Å². The number of allylic oxidation sites excluding steroid dienone is 1. The van der Waals surface area contributed by atoms with Crippen molar-refractivity contribution < 1.29 is 14.6 Å². The third kappa shape index (κ3) is 3.43. The van der Waals surface area contributed by atoms with E-state index < -0.39 is 0 Å². The van der Waals surface area contributed by atoms with E-state index in [1.165, 1.54) is 6.08 Å². The predicted octanol–water partition coefficient (Wildman–Crippen LogP) is 2.62. The standard InChI is InChI=1S/C14H16O3/c15-13-7-6-12(14(16)8-13)10-17-9-11-4-2-1-3-5-11/h1-5,8,12,16H,6-7,9-10H2. The summed E-state index contributed by atoms with van der Waals surface area (Å²) in [6.07, 6.45) is 2.50. The molecule has 1 atom stereocenters. The molecule has 17 heavy (non-hydrogen) atoms. The highest BCUT2D eigenvalue weighted by molar-refractivity contribution is 5.90. The third-order valence-corrected chi connectivity index (χ3v) is 2.90. The van der Waals surface area contributed by atoms with Crippen molar-refractivity contribution in [2.45, 2.75) is 19.4 Å². The molecule has 3 heteroatoms. The van der Waals surface area contributed by atoms with E-state index in [0.717, 1.165) is 5.56 Å². The van der Waals surface area contributed by atoms with Crippen molar-refractivity contribution in [3.8, 4) is 0 Å². The Labute approximate surface area is 101 Å². The summed E-state index contributed by atoms with van der Waals surface area (Å²) in [7, 11) is 0. The Morgan fingerprint density at radius 1 is 1.29 bits per heavy atom. The zero-order valence-corrected chi connectivity index (χ0v) is 9.63. The molecule has 90 valence electrons. The van der Waals surface area contributed by atoms with Crippen LogP contribution in [0.2, 0.25) is 0 Å². The Morgan fingerprint density at radius 2 is 2.06 bits per heavy atom. The molecule has 1 aromatic rings. The van der Waals surface area contributed by atoms with E-state index >= 15 is 0 Å². The summed E-state index contributed by atoms with van der Waals surface area (Å²) in [5.74, 6) is 0.132. The molecule has 1 unspecified atom stereocenters. The minimum absolute atomic E-state index is 0.00168. The van der Waals surface area contributed by atoms with Crippen LogP contribution in [0.5, 0.6) is 0 Å². The highest BCUT2D eigenvalue weighted by Gasteiger charge is 2.21. The second kappa shape index (κ2) is 5.64. The molecule has 1 aliphatic carbocycles. The van der Waals surface area contributed by atoms with E-state index in [1.807, 2.05) is 30.3 Å². The molecule has 1 aliphatic rings. The van der Waals surface area contributed by atoms with Gasteiger partial charge in [0.1, 0.15) is 5.76 Å². The number of ketones is 1. The van der Waals surface area contributed by atoms with Crippen LogP contribution in [0.1, 0.15) is 18.4 Å². The maximum absolute atomic E-state index is 11.0. The van der Waals surface area contributed by atoms with Gasteiger partial charge in [-0.3, -0.25) is 4.79 Å². The van der Waals surface area contributed by atoms with E-state index in [4.69, 9.17) is 4.74 Å². The maximum atomic E-state index is 11.0. The van der Waals surface area contributed by atoms with Gasteiger partial charge in [-0.25, -0.2) is 0 Å². The first-order chi connectivity index (χ1) is 8.25. The van der Waals surface area contributed by atoms with Crippen LogP contribution in [0.3, 0.4) is 0 Å². The van der Waals surface area contributed by atoms with Gasteiger partial charge in [0.15, 0.2) is 5.78 Å². The van der Waals surface area contributed by atoms with Gasteiger partial charge >= 0.3 is 0 Å². The molecular weight excluding hydrogens is 216 g/mol. The molecule has 0 aromatic heterocycles. The molecule has 0 amide bonds. The van der Waals surface area contributed by atoms with Crippen molar-refractivity contribution in [1.82, 2.24) is 0 Å². The molecule has 2 rings (SSSR count). The van der Waals surface area contributed by atoms with Crippen molar-refractivity contribution in [1.29, 1.82) is 0 Å². The van der Waals surface area contributed by atoms with Crippen LogP contribution in [0.4, 0.5) is 0 Å². The van der Waals surface area contributed by atoms with E-state index in [2.05, 4.69) is 0 Å². The summed E-state index contributed by atoms with van der Waals surface area (Å²) in [4.78, 5) is 11.0. The fourth-order valence-electron chi connectivity index (χ4n) is 1.88. The van der Waals surface area contributed by atoms with Crippen LogP contribution >= 0.6 is 0 Å². The average molecular weight is 232 g/mol. The Morgan fingerprint density at radius 3 is 2.76 bits per heavy atom. The molecule has 0 aliphatic heterocycles. The first-order valence-electron chi connectivity index (χ1n) is 5.81. The zero-order valence-electron chi connectivity index (χ0n) is 9.63. The largest absolute Gasteiger partial charge is 0.512 e. The van der Waals surface area contributed by atoms with Gasteiger partial charge in [0.2, 0.25) is 0 Å². The van der Waals surface area contributed by atoms with Gasteiger partial charge in [0, 0.05) is 18.4 Å². The van der Waals surface area contributed by atoms with Crippen LogP contribution in [-0.2, 0) is 16.1 Å². The summed E-state index contributed by atoms with van der Waals surface area (Å²) < 4.78 is 5.55. The number of benzene rings is 1. The quantitative estimate of drug-likeness (QED) is 0.868. The molecule has 0 saturated carbocycles. The highest BCUT2D eigenvalue weighted by Crippen LogP contribution is 2.21. The zero-order chi connectivity index (χ0) is 12.1. The lowest BCUT2D eigenvalue weighted by Gasteiger charge is -2.19. The Balaban J connectivity index is 1.80. The number of aliphatic hydroxyl groups excluding tert-OH is 1. The van der Waals surface area contributed by atoms with Crippen molar-refractivity contribution in [2.24, 2.45) is 5.92 Å². The number of carbonyl (C=O) groups is 1. The van der Waals surface area contributed by atoms with Crippen LogP contribution in [-0.4, -0.2) is 17.5 Å². The molecular formula is C14H16O3. The number of aliphatic hydroxyl groups is 1. The molecule has 0 spiro atoms. The summed E-state index contributed by atoms with van der Waals surface area (Å²) in [5, 5.41) is 9.60. The summed E-state index contributed by atoms with van der Waals surface area (Å²) in [6.45, 7) is 1.00. The maximum Gasteiger partial charge on any atom is 0.159 e. The van der Waals surface area contributed by atoms with Crippen molar-refractivity contribution in [3.05, 3.63) is 47.7 Å². The topological polar surface area (TPSA) is 46.5 Å². The van der Waals surface area contributed by atoms with E-state index in [-0.39, 0.29) is 17.5 Å². The van der Waals surface area contributed by atoms with Crippen LogP contribution in [0.25, 0.3) is 0 Å². The van der Waals surface area contributed by atoms with Gasteiger partial charge in [0.05, 0.1) is 13.2 Å². The monoisotopic (exact) mass is 232 g/mol.